The number of carbonyl (C=O) groups excluding carboxylic acids is 1. The van der Waals surface area contributed by atoms with Crippen LogP contribution in [-0.4, -0.2) is 63.5 Å². The Labute approximate surface area is 343 Å². The molecule has 12 heteroatoms. The van der Waals surface area contributed by atoms with Crippen molar-refractivity contribution in [3.05, 3.63) is 167 Å². The van der Waals surface area contributed by atoms with Crippen molar-refractivity contribution >= 4 is 49.8 Å². The highest BCUT2D eigenvalue weighted by Gasteiger charge is 2.25. The van der Waals surface area contributed by atoms with Crippen LogP contribution in [0.25, 0.3) is 22.0 Å². The summed E-state index contributed by atoms with van der Waals surface area (Å²) in [5, 5.41) is 4.92. The van der Waals surface area contributed by atoms with Gasteiger partial charge in [-0.25, -0.2) is 13.1 Å². The molecule has 3 heterocycles. The summed E-state index contributed by atoms with van der Waals surface area (Å²) in [5.41, 5.74) is 7.88. The molecule has 1 saturated heterocycles. The lowest BCUT2D eigenvalue weighted by molar-refractivity contribution is 0.0979. The third kappa shape index (κ3) is 9.02. The van der Waals surface area contributed by atoms with Gasteiger partial charge in [-0.15, -0.1) is 0 Å². The number of piperazine rings is 1. The van der Waals surface area contributed by atoms with Gasteiger partial charge >= 0.3 is 0 Å². The zero-order valence-corrected chi connectivity index (χ0v) is 33.5. The van der Waals surface area contributed by atoms with Crippen molar-refractivity contribution in [2.24, 2.45) is 0 Å². The molecule has 0 spiro atoms. The maximum absolute atomic E-state index is 13.9. The first-order valence-electron chi connectivity index (χ1n) is 19.1. The molecule has 6 aromatic rings. The molecule has 8 rings (SSSR count). The summed E-state index contributed by atoms with van der Waals surface area (Å²) in [7, 11) is -4.24. The minimum absolute atomic E-state index is 0.0242. The Balaban J connectivity index is 0.998. The zero-order valence-electron chi connectivity index (χ0n) is 31.9. The molecule has 2 aliphatic rings. The van der Waals surface area contributed by atoms with Crippen molar-refractivity contribution in [2.45, 2.75) is 18.4 Å². The lowest BCUT2D eigenvalue weighted by atomic mass is 9.99. The summed E-state index contributed by atoms with van der Waals surface area (Å²) in [6, 6.07) is 35.7. The number of anilines is 2. The third-order valence-electron chi connectivity index (χ3n) is 10.4. The molecule has 2 N–H and O–H groups in total. The van der Waals surface area contributed by atoms with Gasteiger partial charge in [-0.2, -0.15) is 0 Å². The molecule has 0 bridgehead atoms. The Bertz CT molecular complexity index is 2640. The summed E-state index contributed by atoms with van der Waals surface area (Å²) in [5.74, 6) is -0.0734. The fourth-order valence-corrected chi connectivity index (χ4v) is 8.36. The lowest BCUT2D eigenvalue weighted by Gasteiger charge is -2.36. The first-order valence-corrected chi connectivity index (χ1v) is 20.9. The summed E-state index contributed by atoms with van der Waals surface area (Å²) in [6.45, 7) is 6.83. The number of halogens is 1. The smallest absolute Gasteiger partial charge is 0.268 e. The summed E-state index contributed by atoms with van der Waals surface area (Å²) in [6.07, 6.45) is 7.23. The van der Waals surface area contributed by atoms with Gasteiger partial charge in [0.05, 0.1) is 22.2 Å². The Kier molecular flexibility index (Phi) is 11.5. The van der Waals surface area contributed by atoms with Gasteiger partial charge in [-0.3, -0.25) is 14.7 Å². The standard InChI is InChI=1S/C46H42ClN5O5S/c1-32-27-40(14-17-43(32)49-30-33-18-25-56-26-19-33)58(54,55)50-46(53)42-15-12-38(29-45(42)57-39-13-16-44-35(28-39)6-4-20-48-44)52-23-21-51(22-24-52)31-36-5-2-3-7-41(36)34-8-10-37(47)11-9-34/h2-20,25,27-29,49H,21-24,26,30-31H2,1H3,(H,50,53). The minimum Gasteiger partial charge on any atom is -0.497 e. The summed E-state index contributed by atoms with van der Waals surface area (Å²) in [4.78, 5) is 23.0. The molecule has 0 radical (unpaired) electrons. The number of nitrogens with one attached hydrogen (secondary N) is 2. The van der Waals surface area contributed by atoms with Gasteiger partial charge in [0.25, 0.3) is 15.9 Å². The topological polar surface area (TPSA) is 113 Å². The Morgan fingerprint density at radius 3 is 2.52 bits per heavy atom. The minimum atomic E-state index is -4.24. The highest BCUT2D eigenvalue weighted by Crippen LogP contribution is 2.33. The number of carbonyl (C=O) groups is 1. The SMILES string of the molecule is Cc1cc(S(=O)(=O)NC(=O)c2ccc(N3CCN(Cc4ccccc4-c4ccc(Cl)cc4)CC3)cc2Oc2ccc3ncccc3c2)ccc1NCC1=CCOC=C1. The van der Waals surface area contributed by atoms with Crippen molar-refractivity contribution in [3.63, 3.8) is 0 Å². The molecule has 5 aromatic carbocycles. The highest BCUT2D eigenvalue weighted by atomic mass is 35.5. The number of fused-ring (bicyclic) bond motifs is 1. The van der Waals surface area contributed by atoms with Gasteiger partial charge in [0.2, 0.25) is 0 Å². The van der Waals surface area contributed by atoms with Gasteiger partial charge in [0.1, 0.15) is 18.1 Å². The van der Waals surface area contributed by atoms with Crippen LogP contribution in [0, 0.1) is 6.92 Å². The van der Waals surface area contributed by atoms with E-state index in [1.807, 2.05) is 67.6 Å². The van der Waals surface area contributed by atoms with E-state index >= 15 is 0 Å². The van der Waals surface area contributed by atoms with E-state index in [-0.39, 0.29) is 16.2 Å². The van der Waals surface area contributed by atoms with Gasteiger partial charge in [-0.1, -0.05) is 54.1 Å². The number of aryl methyl sites for hydroxylation is 1. The van der Waals surface area contributed by atoms with Crippen LogP contribution in [0.4, 0.5) is 11.4 Å². The lowest BCUT2D eigenvalue weighted by Crippen LogP contribution is -2.46. The first kappa shape index (κ1) is 38.7. The average molecular weight is 812 g/mol. The zero-order chi connectivity index (χ0) is 40.1. The van der Waals surface area contributed by atoms with Crippen LogP contribution in [0.3, 0.4) is 0 Å². The Hall–Kier alpha value is -6.14. The molecule has 0 unspecified atom stereocenters. The summed E-state index contributed by atoms with van der Waals surface area (Å²) < 4.78 is 41.2. The Morgan fingerprint density at radius 1 is 0.897 bits per heavy atom. The molecule has 1 aromatic heterocycles. The molecular weight excluding hydrogens is 770 g/mol. The number of sulfonamides is 1. The normalized spacial score (nSPS) is 14.4. The van der Waals surface area contributed by atoms with E-state index in [1.165, 1.54) is 17.2 Å². The molecule has 0 atom stereocenters. The number of amides is 1. The molecule has 10 nitrogen and oxygen atoms in total. The van der Waals surface area contributed by atoms with E-state index in [0.29, 0.717) is 23.9 Å². The Morgan fingerprint density at radius 2 is 1.72 bits per heavy atom. The quantitative estimate of drug-likeness (QED) is 0.125. The predicted octanol–water partition coefficient (Wildman–Crippen LogP) is 8.98. The van der Waals surface area contributed by atoms with Crippen LogP contribution in [0.15, 0.2) is 150 Å². The molecule has 58 heavy (non-hydrogen) atoms. The second kappa shape index (κ2) is 17.2. The molecule has 1 amide bonds. The van der Waals surface area contributed by atoms with Crippen LogP contribution in [0.5, 0.6) is 11.5 Å². The van der Waals surface area contributed by atoms with Crippen molar-refractivity contribution in [3.8, 4) is 22.6 Å². The number of pyridine rings is 1. The molecular formula is C46H42ClN5O5S. The van der Waals surface area contributed by atoms with Gasteiger partial charge < -0.3 is 19.7 Å². The second-order valence-corrected chi connectivity index (χ2v) is 16.4. The number of hydrogen-bond donors (Lipinski definition) is 2. The third-order valence-corrected chi connectivity index (χ3v) is 11.9. The molecule has 0 aliphatic carbocycles. The first-order chi connectivity index (χ1) is 28.2. The fraction of sp³-hybridized carbons (Fsp3) is 0.174. The molecule has 1 fully saturated rings. The number of nitrogens with zero attached hydrogens (tertiary/aromatic N) is 3. The van der Waals surface area contributed by atoms with E-state index in [4.69, 9.17) is 21.1 Å². The van der Waals surface area contributed by atoms with Crippen LogP contribution in [0.1, 0.15) is 21.5 Å². The maximum atomic E-state index is 13.9. The van der Waals surface area contributed by atoms with Crippen LogP contribution in [-0.2, 0) is 21.3 Å². The van der Waals surface area contributed by atoms with Gasteiger partial charge in [-0.05, 0) is 114 Å². The van der Waals surface area contributed by atoms with Crippen LogP contribution < -0.4 is 19.7 Å². The monoisotopic (exact) mass is 811 g/mol. The highest BCUT2D eigenvalue weighted by molar-refractivity contribution is 7.90. The fourth-order valence-electron chi connectivity index (χ4n) is 7.18. The van der Waals surface area contributed by atoms with E-state index in [9.17, 15) is 13.2 Å². The molecule has 294 valence electrons. The van der Waals surface area contributed by atoms with E-state index in [1.54, 1.807) is 36.7 Å². The largest absolute Gasteiger partial charge is 0.497 e. The molecule has 2 aliphatic heterocycles. The van der Waals surface area contributed by atoms with Crippen molar-refractivity contribution in [1.29, 1.82) is 0 Å². The van der Waals surface area contributed by atoms with Gasteiger partial charge in [0, 0.05) is 73.3 Å². The van der Waals surface area contributed by atoms with Crippen LogP contribution >= 0.6 is 11.6 Å². The average Bonchev–Trinajstić information content (AvgIpc) is 3.24. The van der Waals surface area contributed by atoms with Crippen molar-refractivity contribution in [1.82, 2.24) is 14.6 Å². The van der Waals surface area contributed by atoms with Gasteiger partial charge in [0.15, 0.2) is 0 Å². The van der Waals surface area contributed by atoms with Crippen molar-refractivity contribution < 1.29 is 22.7 Å². The van der Waals surface area contributed by atoms with E-state index in [2.05, 4.69) is 61.2 Å². The summed E-state index contributed by atoms with van der Waals surface area (Å²) >= 11 is 6.16. The maximum Gasteiger partial charge on any atom is 0.268 e. The van der Waals surface area contributed by atoms with E-state index < -0.39 is 15.9 Å². The second-order valence-electron chi connectivity index (χ2n) is 14.2. The van der Waals surface area contributed by atoms with E-state index in [0.717, 1.165) is 71.7 Å². The predicted molar refractivity (Wildman–Crippen MR) is 230 cm³/mol. The number of aromatic nitrogens is 1. The number of rotatable bonds is 12. The number of ether oxygens (including phenoxy) is 2. The van der Waals surface area contributed by atoms with Crippen LogP contribution in [0.2, 0.25) is 5.02 Å². The number of hydrogen-bond acceptors (Lipinski definition) is 9. The molecule has 0 saturated carbocycles. The number of benzene rings is 5. The van der Waals surface area contributed by atoms with Crippen molar-refractivity contribution in [2.75, 3.05) is 49.5 Å².